The Morgan fingerprint density at radius 1 is 1.47 bits per heavy atom. The molecule has 1 aromatic carbocycles. The second-order valence-corrected chi connectivity index (χ2v) is 5.45. The van der Waals surface area contributed by atoms with Crippen molar-refractivity contribution in [1.82, 2.24) is 5.32 Å². The number of phenolic OH excluding ortho intramolecular Hbond substituents is 1. The first-order valence-corrected chi connectivity index (χ1v) is 6.65. The molecule has 0 aliphatic carbocycles. The highest BCUT2D eigenvalue weighted by Crippen LogP contribution is 2.33. The number of halogens is 1. The van der Waals surface area contributed by atoms with Crippen LogP contribution in [0.3, 0.4) is 0 Å². The summed E-state index contributed by atoms with van der Waals surface area (Å²) in [6, 6.07) is 1.96. The van der Waals surface area contributed by atoms with Crippen LogP contribution in [0.2, 0.25) is 5.02 Å². The van der Waals surface area contributed by atoms with Crippen molar-refractivity contribution < 1.29 is 5.11 Å². The zero-order valence-corrected chi connectivity index (χ0v) is 11.3. The van der Waals surface area contributed by atoms with Crippen LogP contribution in [-0.2, 0) is 6.42 Å². The highest BCUT2D eigenvalue weighted by molar-refractivity contribution is 6.31. The summed E-state index contributed by atoms with van der Waals surface area (Å²) in [5.41, 5.74) is 2.97. The van der Waals surface area contributed by atoms with Crippen molar-refractivity contribution in [3.63, 3.8) is 0 Å². The number of aryl methyl sites for hydroxylation is 1. The number of aromatic hydroxyl groups is 1. The molecule has 0 radical (unpaired) electrons. The number of hydrogen-bond donors (Lipinski definition) is 2. The second-order valence-electron chi connectivity index (χ2n) is 5.04. The van der Waals surface area contributed by atoms with Gasteiger partial charge in [-0.05, 0) is 69.3 Å². The van der Waals surface area contributed by atoms with E-state index in [-0.39, 0.29) is 0 Å². The van der Waals surface area contributed by atoms with Crippen LogP contribution in [0.5, 0.6) is 5.75 Å². The van der Waals surface area contributed by atoms with E-state index < -0.39 is 0 Å². The molecule has 2 N–H and O–H groups in total. The lowest BCUT2D eigenvalue weighted by atomic mass is 9.89. The van der Waals surface area contributed by atoms with Gasteiger partial charge >= 0.3 is 0 Å². The Hall–Kier alpha value is -0.730. The van der Waals surface area contributed by atoms with Crippen LogP contribution in [0, 0.1) is 19.8 Å². The van der Waals surface area contributed by atoms with Gasteiger partial charge in [-0.25, -0.2) is 0 Å². The molecule has 2 nitrogen and oxygen atoms in total. The molecular formula is C14H20ClNO. The van der Waals surface area contributed by atoms with E-state index in [1.54, 1.807) is 0 Å². The van der Waals surface area contributed by atoms with E-state index in [0.717, 1.165) is 36.2 Å². The topological polar surface area (TPSA) is 32.3 Å². The molecule has 0 bridgehead atoms. The van der Waals surface area contributed by atoms with Gasteiger partial charge in [0, 0.05) is 10.6 Å². The van der Waals surface area contributed by atoms with Crippen LogP contribution >= 0.6 is 11.6 Å². The summed E-state index contributed by atoms with van der Waals surface area (Å²) in [4.78, 5) is 0. The Labute approximate surface area is 108 Å². The van der Waals surface area contributed by atoms with Crippen molar-refractivity contribution in [2.75, 3.05) is 13.1 Å². The normalized spacial score (nSPS) is 20.5. The molecule has 0 spiro atoms. The third-order valence-electron chi connectivity index (χ3n) is 3.71. The SMILES string of the molecule is Cc1cc(Cl)c(C)c(O)c1CC1CCCNC1. The zero-order chi connectivity index (χ0) is 12.4. The van der Waals surface area contributed by atoms with Crippen molar-refractivity contribution in [3.05, 3.63) is 27.8 Å². The van der Waals surface area contributed by atoms with Crippen molar-refractivity contribution in [1.29, 1.82) is 0 Å². The number of nitrogens with one attached hydrogen (secondary N) is 1. The van der Waals surface area contributed by atoms with E-state index in [4.69, 9.17) is 11.6 Å². The lowest BCUT2D eigenvalue weighted by Crippen LogP contribution is -2.31. The molecule has 94 valence electrons. The highest BCUT2D eigenvalue weighted by atomic mass is 35.5. The van der Waals surface area contributed by atoms with Crippen LogP contribution < -0.4 is 5.32 Å². The summed E-state index contributed by atoms with van der Waals surface area (Å²) >= 11 is 6.06. The average Bonchev–Trinajstić information content (AvgIpc) is 2.33. The van der Waals surface area contributed by atoms with Crippen molar-refractivity contribution in [2.45, 2.75) is 33.1 Å². The first-order chi connectivity index (χ1) is 8.09. The third-order valence-corrected chi connectivity index (χ3v) is 4.10. The Balaban J connectivity index is 2.22. The third kappa shape index (κ3) is 2.75. The van der Waals surface area contributed by atoms with E-state index >= 15 is 0 Å². The summed E-state index contributed by atoms with van der Waals surface area (Å²) in [6.07, 6.45) is 3.42. The molecule has 1 aromatic rings. The largest absolute Gasteiger partial charge is 0.507 e. The average molecular weight is 254 g/mol. The predicted octanol–water partition coefficient (Wildman–Crippen LogP) is 3.20. The molecule has 0 aromatic heterocycles. The quantitative estimate of drug-likeness (QED) is 0.848. The predicted molar refractivity (Wildman–Crippen MR) is 71.9 cm³/mol. The molecular weight excluding hydrogens is 234 g/mol. The number of benzene rings is 1. The summed E-state index contributed by atoms with van der Waals surface area (Å²) in [5, 5.41) is 14.3. The van der Waals surface area contributed by atoms with E-state index in [2.05, 4.69) is 5.32 Å². The van der Waals surface area contributed by atoms with Crippen molar-refractivity contribution >= 4 is 11.6 Å². The number of hydrogen-bond acceptors (Lipinski definition) is 2. The molecule has 1 heterocycles. The zero-order valence-electron chi connectivity index (χ0n) is 10.5. The molecule has 1 aliphatic heterocycles. The number of piperidine rings is 1. The Morgan fingerprint density at radius 2 is 2.24 bits per heavy atom. The molecule has 3 heteroatoms. The van der Waals surface area contributed by atoms with E-state index in [1.165, 1.54) is 12.8 Å². The summed E-state index contributed by atoms with van der Waals surface area (Å²) in [7, 11) is 0. The van der Waals surface area contributed by atoms with Crippen LogP contribution in [-0.4, -0.2) is 18.2 Å². The molecule has 1 unspecified atom stereocenters. The second kappa shape index (κ2) is 5.28. The summed E-state index contributed by atoms with van der Waals surface area (Å²) in [5.74, 6) is 1.02. The Kier molecular flexibility index (Phi) is 3.95. The van der Waals surface area contributed by atoms with Crippen molar-refractivity contribution in [2.24, 2.45) is 5.92 Å². The van der Waals surface area contributed by atoms with Crippen LogP contribution in [0.4, 0.5) is 0 Å². The van der Waals surface area contributed by atoms with Gasteiger partial charge in [-0.15, -0.1) is 0 Å². The van der Waals surface area contributed by atoms with Gasteiger partial charge in [-0.1, -0.05) is 11.6 Å². The maximum absolute atomic E-state index is 10.2. The fourth-order valence-electron chi connectivity index (χ4n) is 2.56. The molecule has 1 atom stereocenters. The first kappa shape index (κ1) is 12.7. The van der Waals surface area contributed by atoms with Gasteiger partial charge in [0.15, 0.2) is 0 Å². The molecule has 1 fully saturated rings. The highest BCUT2D eigenvalue weighted by Gasteiger charge is 2.18. The van der Waals surface area contributed by atoms with Gasteiger partial charge in [0.25, 0.3) is 0 Å². The van der Waals surface area contributed by atoms with Gasteiger partial charge < -0.3 is 10.4 Å². The smallest absolute Gasteiger partial charge is 0.123 e. The fraction of sp³-hybridized carbons (Fsp3) is 0.571. The molecule has 17 heavy (non-hydrogen) atoms. The standard InChI is InChI=1S/C14H20ClNO/c1-9-6-13(15)10(2)14(17)12(9)7-11-4-3-5-16-8-11/h6,11,16-17H,3-5,7-8H2,1-2H3. The molecule has 0 amide bonds. The molecule has 0 saturated carbocycles. The Bertz CT molecular complexity index is 411. The molecule has 2 rings (SSSR count). The van der Waals surface area contributed by atoms with Gasteiger partial charge in [-0.2, -0.15) is 0 Å². The minimum Gasteiger partial charge on any atom is -0.507 e. The molecule has 1 saturated heterocycles. The monoisotopic (exact) mass is 253 g/mol. The minimum absolute atomic E-state index is 0.389. The van der Waals surface area contributed by atoms with Crippen LogP contribution in [0.1, 0.15) is 29.5 Å². The number of rotatable bonds is 2. The number of phenols is 1. The van der Waals surface area contributed by atoms with Crippen LogP contribution in [0.25, 0.3) is 0 Å². The fourth-order valence-corrected chi connectivity index (χ4v) is 2.81. The van der Waals surface area contributed by atoms with E-state index in [0.29, 0.717) is 16.7 Å². The maximum atomic E-state index is 10.2. The van der Waals surface area contributed by atoms with Gasteiger partial charge in [0.1, 0.15) is 5.75 Å². The lowest BCUT2D eigenvalue weighted by molar-refractivity contribution is 0.369. The first-order valence-electron chi connectivity index (χ1n) is 6.28. The van der Waals surface area contributed by atoms with E-state index in [9.17, 15) is 5.11 Å². The van der Waals surface area contributed by atoms with Crippen LogP contribution in [0.15, 0.2) is 6.07 Å². The molecule has 1 aliphatic rings. The van der Waals surface area contributed by atoms with Gasteiger partial charge in [0.2, 0.25) is 0 Å². The Morgan fingerprint density at radius 3 is 2.88 bits per heavy atom. The summed E-state index contributed by atoms with van der Waals surface area (Å²) in [6.45, 7) is 6.08. The summed E-state index contributed by atoms with van der Waals surface area (Å²) < 4.78 is 0. The minimum atomic E-state index is 0.389. The maximum Gasteiger partial charge on any atom is 0.123 e. The van der Waals surface area contributed by atoms with E-state index in [1.807, 2.05) is 19.9 Å². The van der Waals surface area contributed by atoms with Crippen molar-refractivity contribution in [3.8, 4) is 5.75 Å². The lowest BCUT2D eigenvalue weighted by Gasteiger charge is -2.24. The van der Waals surface area contributed by atoms with Gasteiger partial charge in [-0.3, -0.25) is 0 Å². The van der Waals surface area contributed by atoms with Gasteiger partial charge in [0.05, 0.1) is 0 Å².